The van der Waals surface area contributed by atoms with Crippen molar-refractivity contribution in [1.29, 1.82) is 0 Å². The van der Waals surface area contributed by atoms with E-state index in [4.69, 9.17) is 16.1 Å². The van der Waals surface area contributed by atoms with Gasteiger partial charge < -0.3 is 4.52 Å². The van der Waals surface area contributed by atoms with E-state index in [9.17, 15) is 16.8 Å². The highest BCUT2D eigenvalue weighted by Crippen LogP contribution is 2.19. The number of hydrogen-bond donors (Lipinski definition) is 1. The highest BCUT2D eigenvalue weighted by atomic mass is 35.5. The smallest absolute Gasteiger partial charge is 0.217 e. The number of nitrogens with one attached hydrogen (secondary N) is 1. The van der Waals surface area contributed by atoms with Crippen LogP contribution in [0.5, 0.6) is 0 Å². The molecule has 0 radical (unpaired) electrons. The zero-order valence-electron chi connectivity index (χ0n) is 10.0. The van der Waals surface area contributed by atoms with E-state index in [0.29, 0.717) is 5.76 Å². The molecule has 1 aromatic heterocycles. The van der Waals surface area contributed by atoms with Crippen LogP contribution in [0.4, 0.5) is 0 Å². The second kappa shape index (κ2) is 5.04. The van der Waals surface area contributed by atoms with Crippen molar-refractivity contribution in [3.8, 4) is 0 Å². The van der Waals surface area contributed by atoms with Crippen molar-refractivity contribution in [1.82, 2.24) is 9.88 Å². The lowest BCUT2D eigenvalue weighted by Gasteiger charge is -2.13. The monoisotopic (exact) mass is 328 g/mol. The fourth-order valence-corrected chi connectivity index (χ4v) is 5.91. The summed E-state index contributed by atoms with van der Waals surface area (Å²) in [7, 11) is -6.99. The first-order valence-corrected chi connectivity index (χ1v) is 9.34. The third-order valence-corrected chi connectivity index (χ3v) is 6.34. The van der Waals surface area contributed by atoms with Crippen molar-refractivity contribution in [2.24, 2.45) is 0 Å². The lowest BCUT2D eigenvalue weighted by molar-refractivity contribution is 0.392. The Bertz CT molecular complexity index is 667. The van der Waals surface area contributed by atoms with Crippen LogP contribution in [0.3, 0.4) is 0 Å². The van der Waals surface area contributed by atoms with Crippen molar-refractivity contribution in [3.05, 3.63) is 17.5 Å². The van der Waals surface area contributed by atoms with Crippen molar-refractivity contribution in [2.75, 3.05) is 11.5 Å². The minimum Gasteiger partial charge on any atom is -0.361 e. The van der Waals surface area contributed by atoms with Crippen molar-refractivity contribution in [2.45, 2.75) is 24.1 Å². The maximum atomic E-state index is 11.9. The Morgan fingerprint density at radius 3 is 2.68 bits per heavy atom. The lowest BCUT2D eigenvalue weighted by atomic mass is 10.3. The van der Waals surface area contributed by atoms with E-state index in [1.807, 2.05) is 0 Å². The van der Waals surface area contributed by atoms with Gasteiger partial charge in [-0.15, -0.1) is 11.6 Å². The molecule has 2 unspecified atom stereocenters. The topological polar surface area (TPSA) is 106 Å². The number of aryl methyl sites for hydroxylation is 1. The van der Waals surface area contributed by atoms with Gasteiger partial charge in [-0.1, -0.05) is 5.16 Å². The lowest BCUT2D eigenvalue weighted by Crippen LogP contribution is -2.41. The second-order valence-electron chi connectivity index (χ2n) is 4.51. The summed E-state index contributed by atoms with van der Waals surface area (Å²) < 4.78 is 53.5. The molecule has 0 aromatic carbocycles. The predicted octanol–water partition coefficient (Wildman–Crippen LogP) is -0.193. The Balaban J connectivity index is 2.06. The van der Waals surface area contributed by atoms with E-state index in [2.05, 4.69) is 9.88 Å². The molecular formula is C9H13ClN2O5S2. The summed E-state index contributed by atoms with van der Waals surface area (Å²) in [6, 6.07) is 0.702. The number of halogens is 1. The first-order chi connectivity index (χ1) is 8.67. The zero-order valence-corrected chi connectivity index (χ0v) is 12.4. The molecule has 2 heterocycles. The Hall–Kier alpha value is -0.640. The molecule has 108 valence electrons. The molecule has 1 fully saturated rings. The van der Waals surface area contributed by atoms with Gasteiger partial charge in [-0.2, -0.15) is 0 Å². The molecule has 10 heteroatoms. The van der Waals surface area contributed by atoms with Crippen LogP contribution in [-0.4, -0.2) is 44.9 Å². The van der Waals surface area contributed by atoms with Crippen LogP contribution in [-0.2, 0) is 25.6 Å². The summed E-state index contributed by atoms with van der Waals surface area (Å²) >= 11 is 5.84. The van der Waals surface area contributed by atoms with Crippen LogP contribution in [0.25, 0.3) is 0 Å². The standard InChI is InChI=1S/C9H13ClN2O5S2/c1-6-2-7(11-17-6)3-19(15,16)12-9-5-18(13,14)4-8(9)10/h2,8-9,12H,3-5H2,1H3. The molecule has 1 aromatic rings. The molecule has 0 bridgehead atoms. The van der Waals surface area contributed by atoms with Gasteiger partial charge in [0.05, 0.1) is 22.9 Å². The predicted molar refractivity (Wildman–Crippen MR) is 69.1 cm³/mol. The number of rotatable bonds is 4. The van der Waals surface area contributed by atoms with Gasteiger partial charge in [-0.05, 0) is 6.92 Å². The van der Waals surface area contributed by atoms with Crippen molar-refractivity contribution >= 4 is 31.5 Å². The van der Waals surface area contributed by atoms with E-state index in [-0.39, 0.29) is 23.0 Å². The van der Waals surface area contributed by atoms with E-state index in [1.165, 1.54) is 6.07 Å². The summed E-state index contributed by atoms with van der Waals surface area (Å²) in [5.41, 5.74) is 0.261. The Labute approximate surface area is 116 Å². The Kier molecular flexibility index (Phi) is 3.92. The summed E-state index contributed by atoms with van der Waals surface area (Å²) in [4.78, 5) is 0. The van der Waals surface area contributed by atoms with E-state index in [0.717, 1.165) is 0 Å². The first-order valence-electron chi connectivity index (χ1n) is 5.43. The maximum absolute atomic E-state index is 11.9. The van der Waals surface area contributed by atoms with Gasteiger partial charge in [-0.25, -0.2) is 21.6 Å². The number of sulfonamides is 1. The molecule has 0 amide bonds. The van der Waals surface area contributed by atoms with E-state index in [1.54, 1.807) is 6.92 Å². The number of alkyl halides is 1. The highest BCUT2D eigenvalue weighted by molar-refractivity contribution is 7.92. The van der Waals surface area contributed by atoms with Crippen molar-refractivity contribution in [3.63, 3.8) is 0 Å². The summed E-state index contributed by atoms with van der Waals surface area (Å²) in [6.07, 6.45) is 0. The molecule has 0 spiro atoms. The molecule has 19 heavy (non-hydrogen) atoms. The van der Waals surface area contributed by atoms with Crippen LogP contribution in [0.2, 0.25) is 0 Å². The Morgan fingerprint density at radius 1 is 1.53 bits per heavy atom. The van der Waals surface area contributed by atoms with Crippen LogP contribution in [0, 0.1) is 6.92 Å². The van der Waals surface area contributed by atoms with Gasteiger partial charge in [0, 0.05) is 6.07 Å². The van der Waals surface area contributed by atoms with E-state index >= 15 is 0 Å². The Morgan fingerprint density at radius 2 is 2.21 bits per heavy atom. The SMILES string of the molecule is Cc1cc(CS(=O)(=O)NC2CS(=O)(=O)CC2Cl)no1. The molecular weight excluding hydrogens is 316 g/mol. The highest BCUT2D eigenvalue weighted by Gasteiger charge is 2.38. The summed E-state index contributed by atoms with van der Waals surface area (Å²) in [5, 5.41) is 2.83. The largest absolute Gasteiger partial charge is 0.361 e. The molecule has 1 saturated heterocycles. The third kappa shape index (κ3) is 3.91. The van der Waals surface area contributed by atoms with Crippen LogP contribution < -0.4 is 4.72 Å². The number of aromatic nitrogens is 1. The van der Waals surface area contributed by atoms with Crippen molar-refractivity contribution < 1.29 is 21.4 Å². The van der Waals surface area contributed by atoms with Gasteiger partial charge in [0.15, 0.2) is 9.84 Å². The van der Waals surface area contributed by atoms with Gasteiger partial charge in [0.2, 0.25) is 10.0 Å². The number of nitrogens with zero attached hydrogens (tertiary/aromatic N) is 1. The average molecular weight is 329 g/mol. The fourth-order valence-electron chi connectivity index (χ4n) is 1.87. The first kappa shape index (κ1) is 14.8. The van der Waals surface area contributed by atoms with Gasteiger partial charge >= 0.3 is 0 Å². The summed E-state index contributed by atoms with van der Waals surface area (Å²) in [5.74, 6) is -0.364. The molecule has 0 aliphatic carbocycles. The molecule has 0 saturated carbocycles. The van der Waals surface area contributed by atoms with Crippen LogP contribution >= 0.6 is 11.6 Å². The minimum atomic E-state index is -3.71. The van der Waals surface area contributed by atoms with E-state index < -0.39 is 31.3 Å². The molecule has 7 nitrogen and oxygen atoms in total. The van der Waals surface area contributed by atoms with Crippen LogP contribution in [0.15, 0.2) is 10.6 Å². The molecule has 1 aliphatic rings. The average Bonchev–Trinajstić information content (AvgIpc) is 2.69. The molecule has 1 N–H and O–H groups in total. The molecule has 2 atom stereocenters. The van der Waals surface area contributed by atoms with Gasteiger partial charge in [0.25, 0.3) is 0 Å². The fraction of sp³-hybridized carbons (Fsp3) is 0.667. The number of sulfone groups is 1. The molecule has 1 aliphatic heterocycles. The van der Waals surface area contributed by atoms with Crippen LogP contribution in [0.1, 0.15) is 11.5 Å². The van der Waals surface area contributed by atoms with Gasteiger partial charge in [0.1, 0.15) is 17.2 Å². The summed E-state index contributed by atoms with van der Waals surface area (Å²) in [6.45, 7) is 1.65. The zero-order chi connectivity index (χ0) is 14.3. The number of hydrogen-bond acceptors (Lipinski definition) is 6. The second-order valence-corrected chi connectivity index (χ2v) is 8.97. The normalized spacial score (nSPS) is 26.6. The third-order valence-electron chi connectivity index (χ3n) is 2.63. The van der Waals surface area contributed by atoms with Gasteiger partial charge in [-0.3, -0.25) is 0 Å². The molecule has 2 rings (SSSR count). The quantitative estimate of drug-likeness (QED) is 0.768. The minimum absolute atomic E-state index is 0.217. The maximum Gasteiger partial charge on any atom is 0.217 e.